The molecule has 1 N–H and O–H groups in total. The summed E-state index contributed by atoms with van der Waals surface area (Å²) in [5.41, 5.74) is 0.283. The molecule has 82 valence electrons. The molecule has 1 rings (SSSR count). The molecule has 15 heavy (non-hydrogen) atoms. The standard InChI is InChI=1S/C10H13ClN2O2/c1-7(14)6-13(2)10(15)8-4-3-5-9(11)12-8/h3-5,7,14H,6H2,1-2H3. The Bertz CT molecular complexity index is 355. The molecular formula is C10H13ClN2O2. The average molecular weight is 229 g/mol. The molecule has 0 spiro atoms. The first-order valence-electron chi connectivity index (χ1n) is 4.57. The Hall–Kier alpha value is -1.13. The molecule has 1 atom stereocenters. The van der Waals surface area contributed by atoms with Crippen LogP contribution in [0, 0.1) is 0 Å². The molecule has 0 fully saturated rings. The topological polar surface area (TPSA) is 53.4 Å². The van der Waals surface area contributed by atoms with Gasteiger partial charge in [0.2, 0.25) is 0 Å². The summed E-state index contributed by atoms with van der Waals surface area (Å²) in [4.78, 5) is 17.0. The smallest absolute Gasteiger partial charge is 0.272 e. The SMILES string of the molecule is CC(O)CN(C)C(=O)c1cccc(Cl)n1. The first-order chi connectivity index (χ1) is 7.00. The molecular weight excluding hydrogens is 216 g/mol. The summed E-state index contributed by atoms with van der Waals surface area (Å²) in [7, 11) is 1.61. The summed E-state index contributed by atoms with van der Waals surface area (Å²) in [6.07, 6.45) is -0.557. The third-order valence-electron chi connectivity index (χ3n) is 1.82. The van der Waals surface area contributed by atoms with Gasteiger partial charge in [0, 0.05) is 13.6 Å². The minimum absolute atomic E-state index is 0.251. The number of rotatable bonds is 3. The van der Waals surface area contributed by atoms with Gasteiger partial charge in [-0.25, -0.2) is 4.98 Å². The fourth-order valence-corrected chi connectivity index (χ4v) is 1.37. The zero-order valence-corrected chi connectivity index (χ0v) is 9.40. The van der Waals surface area contributed by atoms with Crippen molar-refractivity contribution in [2.24, 2.45) is 0 Å². The monoisotopic (exact) mass is 228 g/mol. The van der Waals surface area contributed by atoms with Crippen molar-refractivity contribution in [1.29, 1.82) is 0 Å². The lowest BCUT2D eigenvalue weighted by Gasteiger charge is -2.18. The number of hydrogen-bond donors (Lipinski definition) is 1. The van der Waals surface area contributed by atoms with Crippen LogP contribution < -0.4 is 0 Å². The number of carbonyl (C=O) groups excluding carboxylic acids is 1. The first-order valence-corrected chi connectivity index (χ1v) is 4.94. The maximum absolute atomic E-state index is 11.7. The van der Waals surface area contributed by atoms with Crippen LogP contribution in [0.25, 0.3) is 0 Å². The van der Waals surface area contributed by atoms with Crippen molar-refractivity contribution in [2.45, 2.75) is 13.0 Å². The molecule has 0 aliphatic heterocycles. The molecule has 1 amide bonds. The largest absolute Gasteiger partial charge is 0.392 e. The third-order valence-corrected chi connectivity index (χ3v) is 2.03. The molecule has 1 unspecified atom stereocenters. The molecule has 0 aromatic carbocycles. The van der Waals surface area contributed by atoms with Gasteiger partial charge >= 0.3 is 0 Å². The molecule has 0 radical (unpaired) electrons. The van der Waals surface area contributed by atoms with E-state index in [1.54, 1.807) is 32.2 Å². The highest BCUT2D eigenvalue weighted by molar-refractivity contribution is 6.29. The highest BCUT2D eigenvalue weighted by atomic mass is 35.5. The van der Waals surface area contributed by atoms with Crippen molar-refractivity contribution < 1.29 is 9.90 Å². The second kappa shape index (κ2) is 5.09. The number of likely N-dealkylation sites (N-methyl/N-ethyl adjacent to an activating group) is 1. The van der Waals surface area contributed by atoms with Gasteiger partial charge in [0.25, 0.3) is 5.91 Å². The summed E-state index contributed by atoms with van der Waals surface area (Å²) in [6.45, 7) is 1.89. The van der Waals surface area contributed by atoms with Gasteiger partial charge in [-0.05, 0) is 19.1 Å². The van der Waals surface area contributed by atoms with Crippen molar-refractivity contribution in [2.75, 3.05) is 13.6 Å². The number of halogens is 1. The van der Waals surface area contributed by atoms with Crippen LogP contribution in [0.4, 0.5) is 0 Å². The fraction of sp³-hybridized carbons (Fsp3) is 0.400. The van der Waals surface area contributed by atoms with E-state index in [2.05, 4.69) is 4.98 Å². The van der Waals surface area contributed by atoms with Crippen LogP contribution in [0.5, 0.6) is 0 Å². The zero-order chi connectivity index (χ0) is 11.4. The van der Waals surface area contributed by atoms with E-state index in [0.29, 0.717) is 0 Å². The quantitative estimate of drug-likeness (QED) is 0.791. The van der Waals surface area contributed by atoms with Gasteiger partial charge in [-0.2, -0.15) is 0 Å². The molecule has 1 aromatic rings. The maximum Gasteiger partial charge on any atom is 0.272 e. The predicted octanol–water partition coefficient (Wildman–Crippen LogP) is 1.19. The Labute approximate surface area is 93.5 Å². The predicted molar refractivity (Wildman–Crippen MR) is 57.9 cm³/mol. The molecule has 1 heterocycles. The van der Waals surface area contributed by atoms with Crippen LogP contribution in [-0.2, 0) is 0 Å². The summed E-state index contributed by atoms with van der Waals surface area (Å²) in [5, 5.41) is 9.42. The number of nitrogens with zero attached hydrogens (tertiary/aromatic N) is 2. The second-order valence-electron chi connectivity index (χ2n) is 3.38. The van der Waals surface area contributed by atoms with Gasteiger partial charge < -0.3 is 10.0 Å². The van der Waals surface area contributed by atoms with Crippen LogP contribution in [0.1, 0.15) is 17.4 Å². The van der Waals surface area contributed by atoms with E-state index in [9.17, 15) is 4.79 Å². The van der Waals surface area contributed by atoms with Crippen LogP contribution >= 0.6 is 11.6 Å². The number of aromatic nitrogens is 1. The fourth-order valence-electron chi connectivity index (χ4n) is 1.20. The molecule has 0 bridgehead atoms. The Balaban J connectivity index is 2.76. The number of carbonyl (C=O) groups is 1. The van der Waals surface area contributed by atoms with Crippen molar-refractivity contribution in [3.8, 4) is 0 Å². The second-order valence-corrected chi connectivity index (χ2v) is 3.77. The van der Waals surface area contributed by atoms with Crippen molar-refractivity contribution in [3.63, 3.8) is 0 Å². The van der Waals surface area contributed by atoms with Gasteiger partial charge in [0.15, 0.2) is 0 Å². The Kier molecular flexibility index (Phi) is 4.05. The lowest BCUT2D eigenvalue weighted by molar-refractivity contribution is 0.0698. The highest BCUT2D eigenvalue weighted by Crippen LogP contribution is 2.07. The Morgan fingerprint density at radius 2 is 2.33 bits per heavy atom. The normalized spacial score (nSPS) is 12.3. The third kappa shape index (κ3) is 3.49. The maximum atomic E-state index is 11.7. The number of pyridine rings is 1. The lowest BCUT2D eigenvalue weighted by atomic mass is 10.3. The van der Waals surface area contributed by atoms with E-state index in [1.165, 1.54) is 4.90 Å². The number of aliphatic hydroxyl groups is 1. The minimum atomic E-state index is -0.557. The number of hydrogen-bond acceptors (Lipinski definition) is 3. The van der Waals surface area contributed by atoms with Crippen molar-refractivity contribution in [1.82, 2.24) is 9.88 Å². The van der Waals surface area contributed by atoms with Crippen molar-refractivity contribution in [3.05, 3.63) is 29.0 Å². The molecule has 0 saturated heterocycles. The van der Waals surface area contributed by atoms with E-state index >= 15 is 0 Å². The molecule has 0 saturated carbocycles. The average Bonchev–Trinajstić information content (AvgIpc) is 2.15. The van der Waals surface area contributed by atoms with E-state index < -0.39 is 6.10 Å². The first kappa shape index (κ1) is 11.9. The lowest BCUT2D eigenvalue weighted by Crippen LogP contribution is -2.33. The van der Waals surface area contributed by atoms with Gasteiger partial charge in [-0.1, -0.05) is 17.7 Å². The van der Waals surface area contributed by atoms with Gasteiger partial charge in [-0.3, -0.25) is 4.79 Å². The van der Waals surface area contributed by atoms with Crippen LogP contribution in [0.2, 0.25) is 5.15 Å². The molecule has 5 heteroatoms. The highest BCUT2D eigenvalue weighted by Gasteiger charge is 2.14. The van der Waals surface area contributed by atoms with Crippen LogP contribution in [0.15, 0.2) is 18.2 Å². The summed E-state index contributed by atoms with van der Waals surface area (Å²) < 4.78 is 0. The van der Waals surface area contributed by atoms with Crippen LogP contribution in [0.3, 0.4) is 0 Å². The molecule has 0 aliphatic rings. The van der Waals surface area contributed by atoms with E-state index in [4.69, 9.17) is 16.7 Å². The minimum Gasteiger partial charge on any atom is -0.392 e. The van der Waals surface area contributed by atoms with Gasteiger partial charge in [0.1, 0.15) is 10.8 Å². The zero-order valence-electron chi connectivity index (χ0n) is 8.64. The van der Waals surface area contributed by atoms with E-state index in [0.717, 1.165) is 0 Å². The molecule has 4 nitrogen and oxygen atoms in total. The number of amides is 1. The van der Waals surface area contributed by atoms with Gasteiger partial charge in [-0.15, -0.1) is 0 Å². The van der Waals surface area contributed by atoms with E-state index in [-0.39, 0.29) is 23.3 Å². The Morgan fingerprint density at radius 1 is 1.67 bits per heavy atom. The summed E-state index contributed by atoms with van der Waals surface area (Å²) >= 11 is 5.67. The van der Waals surface area contributed by atoms with Gasteiger partial charge in [0.05, 0.1) is 6.10 Å². The Morgan fingerprint density at radius 3 is 2.87 bits per heavy atom. The van der Waals surface area contributed by atoms with Crippen molar-refractivity contribution >= 4 is 17.5 Å². The molecule has 0 aliphatic carbocycles. The number of aliphatic hydroxyl groups excluding tert-OH is 1. The van der Waals surface area contributed by atoms with E-state index in [1.807, 2.05) is 0 Å². The summed E-state index contributed by atoms with van der Waals surface area (Å²) in [6, 6.07) is 4.86. The molecule has 1 aromatic heterocycles. The van der Waals surface area contributed by atoms with Crippen LogP contribution in [-0.4, -0.2) is 40.6 Å². The summed E-state index contributed by atoms with van der Waals surface area (Å²) in [5.74, 6) is -0.251.